The van der Waals surface area contributed by atoms with Gasteiger partial charge in [-0.3, -0.25) is 0 Å². The average molecular weight is 202 g/mol. The molecule has 1 unspecified atom stereocenters. The number of hydrogen-bond acceptors (Lipinski definition) is 1. The summed E-state index contributed by atoms with van der Waals surface area (Å²) >= 11 is 0. The standard InChI is InChI=1S/C14H18O/c1-3-11(2)15-14-9-8-12-6-4-5-7-13(12)10-14/h4,6,8-11H,3,5,7H2,1-2H3. The van der Waals surface area contributed by atoms with Gasteiger partial charge in [0.1, 0.15) is 5.75 Å². The first-order chi connectivity index (χ1) is 7.29. The lowest BCUT2D eigenvalue weighted by atomic mass is 9.97. The van der Waals surface area contributed by atoms with E-state index in [4.69, 9.17) is 4.74 Å². The maximum Gasteiger partial charge on any atom is 0.120 e. The molecular weight excluding hydrogens is 184 g/mol. The van der Waals surface area contributed by atoms with Gasteiger partial charge in [-0.05, 0) is 49.4 Å². The Morgan fingerprint density at radius 2 is 2.27 bits per heavy atom. The van der Waals surface area contributed by atoms with Crippen molar-refractivity contribution < 1.29 is 4.74 Å². The number of ether oxygens (including phenoxy) is 1. The third-order valence-corrected chi connectivity index (χ3v) is 2.90. The second-order valence-electron chi connectivity index (χ2n) is 4.14. The molecule has 0 fully saturated rings. The van der Waals surface area contributed by atoms with Gasteiger partial charge in [-0.15, -0.1) is 0 Å². The first-order valence-corrected chi connectivity index (χ1v) is 5.75. The van der Waals surface area contributed by atoms with Gasteiger partial charge in [-0.25, -0.2) is 0 Å². The van der Waals surface area contributed by atoms with Gasteiger partial charge in [0.2, 0.25) is 0 Å². The van der Waals surface area contributed by atoms with E-state index in [9.17, 15) is 0 Å². The van der Waals surface area contributed by atoms with Crippen molar-refractivity contribution in [1.82, 2.24) is 0 Å². The Hall–Kier alpha value is -1.24. The fourth-order valence-corrected chi connectivity index (χ4v) is 1.80. The Morgan fingerprint density at radius 1 is 1.40 bits per heavy atom. The molecule has 1 nitrogen and oxygen atoms in total. The molecule has 1 aromatic carbocycles. The van der Waals surface area contributed by atoms with E-state index in [1.54, 1.807) is 0 Å². The van der Waals surface area contributed by atoms with Crippen molar-refractivity contribution >= 4 is 6.08 Å². The Labute approximate surface area is 91.8 Å². The molecule has 0 N–H and O–H groups in total. The molecule has 2 rings (SSSR count). The van der Waals surface area contributed by atoms with Crippen LogP contribution in [0.3, 0.4) is 0 Å². The van der Waals surface area contributed by atoms with Crippen molar-refractivity contribution in [2.45, 2.75) is 39.2 Å². The van der Waals surface area contributed by atoms with Crippen LogP contribution in [0.15, 0.2) is 24.3 Å². The maximum atomic E-state index is 5.81. The number of hydrogen-bond donors (Lipinski definition) is 0. The number of fused-ring (bicyclic) bond motifs is 1. The normalized spacial score (nSPS) is 15.9. The van der Waals surface area contributed by atoms with Crippen LogP contribution in [0.25, 0.3) is 6.08 Å². The fourth-order valence-electron chi connectivity index (χ4n) is 1.80. The van der Waals surface area contributed by atoms with Crippen molar-refractivity contribution in [1.29, 1.82) is 0 Å². The van der Waals surface area contributed by atoms with Crippen LogP contribution < -0.4 is 4.74 Å². The quantitative estimate of drug-likeness (QED) is 0.724. The van der Waals surface area contributed by atoms with Crippen molar-refractivity contribution in [3.63, 3.8) is 0 Å². The average Bonchev–Trinajstić information content (AvgIpc) is 2.29. The predicted molar refractivity (Wildman–Crippen MR) is 64.2 cm³/mol. The molecule has 0 aromatic heterocycles. The largest absolute Gasteiger partial charge is 0.491 e. The molecule has 1 atom stereocenters. The Morgan fingerprint density at radius 3 is 3.07 bits per heavy atom. The number of aryl methyl sites for hydroxylation is 1. The van der Waals surface area contributed by atoms with Crippen LogP contribution in [0.2, 0.25) is 0 Å². The molecule has 0 amide bonds. The minimum Gasteiger partial charge on any atom is -0.491 e. The zero-order chi connectivity index (χ0) is 10.7. The van der Waals surface area contributed by atoms with E-state index in [2.05, 4.69) is 44.2 Å². The third-order valence-electron chi connectivity index (χ3n) is 2.90. The minimum absolute atomic E-state index is 0.308. The Kier molecular flexibility index (Phi) is 3.10. The van der Waals surface area contributed by atoms with E-state index in [1.807, 2.05) is 0 Å². The summed E-state index contributed by atoms with van der Waals surface area (Å²) < 4.78 is 5.81. The Balaban J connectivity index is 2.18. The number of benzene rings is 1. The van der Waals surface area contributed by atoms with Crippen molar-refractivity contribution in [3.05, 3.63) is 35.4 Å². The van der Waals surface area contributed by atoms with E-state index in [-0.39, 0.29) is 0 Å². The van der Waals surface area contributed by atoms with Crippen LogP contribution in [0.5, 0.6) is 5.75 Å². The second kappa shape index (κ2) is 4.52. The van der Waals surface area contributed by atoms with Crippen LogP contribution >= 0.6 is 0 Å². The molecule has 1 aliphatic carbocycles. The molecular formula is C14H18O. The van der Waals surface area contributed by atoms with E-state index in [0.717, 1.165) is 25.0 Å². The van der Waals surface area contributed by atoms with Crippen molar-refractivity contribution in [2.24, 2.45) is 0 Å². The lowest BCUT2D eigenvalue weighted by Gasteiger charge is -2.16. The molecule has 0 spiro atoms. The highest BCUT2D eigenvalue weighted by Gasteiger charge is 2.07. The van der Waals surface area contributed by atoms with Crippen LogP contribution in [-0.2, 0) is 6.42 Å². The van der Waals surface area contributed by atoms with Crippen molar-refractivity contribution in [3.8, 4) is 5.75 Å². The SMILES string of the molecule is CCC(C)Oc1ccc2c(c1)CCC=C2. The highest BCUT2D eigenvalue weighted by Crippen LogP contribution is 2.24. The summed E-state index contributed by atoms with van der Waals surface area (Å²) in [5, 5.41) is 0. The summed E-state index contributed by atoms with van der Waals surface area (Å²) in [6.45, 7) is 4.26. The molecule has 0 aliphatic heterocycles. The summed E-state index contributed by atoms with van der Waals surface area (Å²) in [5.74, 6) is 1.01. The van der Waals surface area contributed by atoms with E-state index < -0.39 is 0 Å². The van der Waals surface area contributed by atoms with Gasteiger partial charge in [-0.2, -0.15) is 0 Å². The third kappa shape index (κ3) is 2.41. The highest BCUT2D eigenvalue weighted by atomic mass is 16.5. The number of allylic oxidation sites excluding steroid dienone is 1. The number of rotatable bonds is 3. The molecule has 1 aliphatic rings. The smallest absolute Gasteiger partial charge is 0.120 e. The van der Waals surface area contributed by atoms with Crippen LogP contribution in [0.4, 0.5) is 0 Å². The predicted octanol–water partition coefficient (Wildman–Crippen LogP) is 3.82. The molecule has 0 bridgehead atoms. The molecule has 0 heterocycles. The molecule has 0 radical (unpaired) electrons. The van der Waals surface area contributed by atoms with Gasteiger partial charge < -0.3 is 4.74 Å². The monoisotopic (exact) mass is 202 g/mol. The summed E-state index contributed by atoms with van der Waals surface area (Å²) in [5.41, 5.74) is 2.76. The van der Waals surface area contributed by atoms with Gasteiger partial charge >= 0.3 is 0 Å². The second-order valence-corrected chi connectivity index (χ2v) is 4.14. The summed E-state index contributed by atoms with van der Waals surface area (Å²) in [7, 11) is 0. The van der Waals surface area contributed by atoms with Gasteiger partial charge in [0, 0.05) is 0 Å². The van der Waals surface area contributed by atoms with Gasteiger partial charge in [-0.1, -0.05) is 25.1 Å². The van der Waals surface area contributed by atoms with Gasteiger partial charge in [0.25, 0.3) is 0 Å². The summed E-state index contributed by atoms with van der Waals surface area (Å²) in [6.07, 6.45) is 8.09. The first kappa shape index (κ1) is 10.3. The first-order valence-electron chi connectivity index (χ1n) is 5.75. The van der Waals surface area contributed by atoms with Crippen molar-refractivity contribution in [2.75, 3.05) is 0 Å². The van der Waals surface area contributed by atoms with E-state index in [0.29, 0.717) is 6.10 Å². The summed E-state index contributed by atoms with van der Waals surface area (Å²) in [4.78, 5) is 0. The minimum atomic E-state index is 0.308. The molecule has 15 heavy (non-hydrogen) atoms. The fraction of sp³-hybridized carbons (Fsp3) is 0.429. The molecule has 0 saturated heterocycles. The lowest BCUT2D eigenvalue weighted by Crippen LogP contribution is -2.10. The Bertz CT molecular complexity index is 366. The maximum absolute atomic E-state index is 5.81. The van der Waals surface area contributed by atoms with Crippen LogP contribution in [-0.4, -0.2) is 6.10 Å². The molecule has 1 aromatic rings. The lowest BCUT2D eigenvalue weighted by molar-refractivity contribution is 0.217. The van der Waals surface area contributed by atoms with E-state index >= 15 is 0 Å². The van der Waals surface area contributed by atoms with Gasteiger partial charge in [0.15, 0.2) is 0 Å². The highest BCUT2D eigenvalue weighted by molar-refractivity contribution is 5.57. The summed E-state index contributed by atoms with van der Waals surface area (Å²) in [6, 6.07) is 6.41. The van der Waals surface area contributed by atoms with E-state index in [1.165, 1.54) is 11.1 Å². The molecule has 0 saturated carbocycles. The zero-order valence-electron chi connectivity index (χ0n) is 9.49. The van der Waals surface area contributed by atoms with Gasteiger partial charge in [0.05, 0.1) is 6.10 Å². The van der Waals surface area contributed by atoms with Crippen LogP contribution in [0, 0.1) is 0 Å². The topological polar surface area (TPSA) is 9.23 Å². The molecule has 1 heteroatoms. The zero-order valence-corrected chi connectivity index (χ0v) is 9.49. The van der Waals surface area contributed by atoms with Crippen LogP contribution in [0.1, 0.15) is 37.8 Å². The molecule has 80 valence electrons.